The van der Waals surface area contributed by atoms with Gasteiger partial charge >= 0.3 is 6.03 Å². The molecular formula is C16H29ClN4O2. The van der Waals surface area contributed by atoms with Gasteiger partial charge < -0.3 is 20.9 Å². The van der Waals surface area contributed by atoms with E-state index in [1.54, 1.807) is 0 Å². The Bertz CT molecular complexity index is 411. The molecule has 1 unspecified atom stereocenters. The van der Waals surface area contributed by atoms with Crippen LogP contribution in [-0.4, -0.2) is 55.6 Å². The van der Waals surface area contributed by atoms with E-state index in [1.165, 1.54) is 12.8 Å². The van der Waals surface area contributed by atoms with Crippen LogP contribution >= 0.6 is 12.4 Å². The van der Waals surface area contributed by atoms with Crippen molar-refractivity contribution >= 4 is 24.3 Å². The third-order valence-corrected chi connectivity index (χ3v) is 5.19. The molecule has 3 N–H and O–H groups in total. The Morgan fingerprint density at radius 1 is 1.09 bits per heavy atom. The standard InChI is InChI=1S/C16H28N4O2.ClH/c21-15(18-10-12-8-17-9-12)13-4-3-7-20(11-13)16(22)19-14-5-1-2-6-14;/h12-14,17H,1-11H2,(H,18,21)(H,19,22);1H. The summed E-state index contributed by atoms with van der Waals surface area (Å²) in [5.74, 6) is 0.649. The molecule has 0 aromatic carbocycles. The van der Waals surface area contributed by atoms with Crippen LogP contribution in [0.5, 0.6) is 0 Å². The lowest BCUT2D eigenvalue weighted by atomic mass is 9.96. The van der Waals surface area contributed by atoms with Crippen molar-refractivity contribution < 1.29 is 9.59 Å². The summed E-state index contributed by atoms with van der Waals surface area (Å²) in [6.45, 7) is 4.10. The maximum Gasteiger partial charge on any atom is 0.317 e. The third kappa shape index (κ3) is 4.98. The molecule has 132 valence electrons. The van der Waals surface area contributed by atoms with E-state index < -0.39 is 0 Å². The molecule has 3 aliphatic rings. The number of halogens is 1. The van der Waals surface area contributed by atoms with Gasteiger partial charge in [0.05, 0.1) is 5.92 Å². The quantitative estimate of drug-likeness (QED) is 0.715. The van der Waals surface area contributed by atoms with E-state index in [-0.39, 0.29) is 30.3 Å². The molecule has 1 atom stereocenters. The fraction of sp³-hybridized carbons (Fsp3) is 0.875. The molecule has 6 nitrogen and oxygen atoms in total. The van der Waals surface area contributed by atoms with E-state index in [0.717, 1.165) is 51.9 Å². The Labute approximate surface area is 144 Å². The predicted octanol–water partition coefficient (Wildman–Crippen LogP) is 1.11. The summed E-state index contributed by atoms with van der Waals surface area (Å²) in [7, 11) is 0. The van der Waals surface area contributed by atoms with E-state index in [0.29, 0.717) is 18.5 Å². The van der Waals surface area contributed by atoms with E-state index in [4.69, 9.17) is 0 Å². The molecule has 1 saturated carbocycles. The molecule has 0 aromatic rings. The van der Waals surface area contributed by atoms with Gasteiger partial charge in [0.25, 0.3) is 0 Å². The first-order valence-electron chi connectivity index (χ1n) is 8.76. The molecule has 2 heterocycles. The van der Waals surface area contributed by atoms with E-state index in [1.807, 2.05) is 4.90 Å². The Morgan fingerprint density at radius 3 is 2.48 bits per heavy atom. The van der Waals surface area contributed by atoms with Crippen LogP contribution in [0, 0.1) is 11.8 Å². The van der Waals surface area contributed by atoms with Gasteiger partial charge in [0.15, 0.2) is 0 Å². The zero-order valence-electron chi connectivity index (χ0n) is 13.7. The Balaban J connectivity index is 0.00000192. The van der Waals surface area contributed by atoms with Crippen molar-refractivity contribution in [1.29, 1.82) is 0 Å². The van der Waals surface area contributed by atoms with Crippen LogP contribution in [-0.2, 0) is 4.79 Å². The molecule has 0 bridgehead atoms. The van der Waals surface area contributed by atoms with Gasteiger partial charge in [-0.1, -0.05) is 12.8 Å². The lowest BCUT2D eigenvalue weighted by molar-refractivity contribution is -0.126. The molecule has 0 aromatic heterocycles. The minimum absolute atomic E-state index is 0. The Hall–Kier alpha value is -1.01. The molecule has 2 saturated heterocycles. The van der Waals surface area contributed by atoms with Gasteiger partial charge in [-0.15, -0.1) is 12.4 Å². The van der Waals surface area contributed by atoms with Crippen molar-refractivity contribution in [2.75, 3.05) is 32.7 Å². The number of hydrogen-bond acceptors (Lipinski definition) is 3. The molecule has 1 aliphatic carbocycles. The van der Waals surface area contributed by atoms with Crippen LogP contribution < -0.4 is 16.0 Å². The van der Waals surface area contributed by atoms with Gasteiger partial charge in [0, 0.05) is 44.7 Å². The van der Waals surface area contributed by atoms with Crippen molar-refractivity contribution in [2.24, 2.45) is 11.8 Å². The first kappa shape index (κ1) is 18.3. The van der Waals surface area contributed by atoms with Gasteiger partial charge in [0.1, 0.15) is 0 Å². The monoisotopic (exact) mass is 344 g/mol. The Morgan fingerprint density at radius 2 is 1.83 bits per heavy atom. The van der Waals surface area contributed by atoms with Crippen molar-refractivity contribution in [3.8, 4) is 0 Å². The van der Waals surface area contributed by atoms with Gasteiger partial charge in [-0.05, 0) is 25.7 Å². The SMILES string of the molecule is Cl.O=C(NCC1CNC1)C1CCCN(C(=O)NC2CCCC2)C1. The van der Waals surface area contributed by atoms with E-state index in [2.05, 4.69) is 16.0 Å². The third-order valence-electron chi connectivity index (χ3n) is 5.19. The van der Waals surface area contributed by atoms with Crippen molar-refractivity contribution in [1.82, 2.24) is 20.9 Å². The van der Waals surface area contributed by atoms with Gasteiger partial charge in [-0.25, -0.2) is 4.79 Å². The highest BCUT2D eigenvalue weighted by molar-refractivity contribution is 5.85. The summed E-state index contributed by atoms with van der Waals surface area (Å²) in [5, 5.41) is 9.38. The molecule has 23 heavy (non-hydrogen) atoms. The van der Waals surface area contributed by atoms with E-state index >= 15 is 0 Å². The minimum atomic E-state index is -0.0453. The summed E-state index contributed by atoms with van der Waals surface area (Å²) in [5.41, 5.74) is 0. The average Bonchev–Trinajstić information content (AvgIpc) is 2.98. The molecule has 3 amide bonds. The van der Waals surface area contributed by atoms with Gasteiger partial charge in [-0.2, -0.15) is 0 Å². The maximum atomic E-state index is 12.3. The number of piperidine rings is 1. The number of hydrogen-bond donors (Lipinski definition) is 3. The first-order chi connectivity index (χ1) is 10.7. The van der Waals surface area contributed by atoms with Crippen molar-refractivity contribution in [3.05, 3.63) is 0 Å². The lowest BCUT2D eigenvalue weighted by Gasteiger charge is -2.33. The fourth-order valence-electron chi connectivity index (χ4n) is 3.59. The molecule has 2 aliphatic heterocycles. The first-order valence-corrected chi connectivity index (χ1v) is 8.76. The number of rotatable bonds is 4. The van der Waals surface area contributed by atoms with Crippen LogP contribution in [0.25, 0.3) is 0 Å². The Kier molecular flexibility index (Phi) is 6.96. The molecule has 0 radical (unpaired) electrons. The molecule has 7 heteroatoms. The van der Waals surface area contributed by atoms with Gasteiger partial charge in [0.2, 0.25) is 5.91 Å². The summed E-state index contributed by atoms with van der Waals surface area (Å²) in [4.78, 5) is 26.4. The lowest BCUT2D eigenvalue weighted by Crippen LogP contribution is -2.52. The maximum absolute atomic E-state index is 12.3. The van der Waals surface area contributed by atoms with Crippen molar-refractivity contribution in [2.45, 2.75) is 44.6 Å². The summed E-state index contributed by atoms with van der Waals surface area (Å²) in [6.07, 6.45) is 6.43. The second kappa shape index (κ2) is 8.73. The average molecular weight is 345 g/mol. The largest absolute Gasteiger partial charge is 0.355 e. The number of carbonyl (C=O) groups is 2. The topological polar surface area (TPSA) is 73.5 Å². The zero-order valence-corrected chi connectivity index (χ0v) is 14.5. The van der Waals surface area contributed by atoms with Crippen molar-refractivity contribution in [3.63, 3.8) is 0 Å². The van der Waals surface area contributed by atoms with Gasteiger partial charge in [-0.3, -0.25) is 4.79 Å². The number of carbonyl (C=O) groups excluding carboxylic acids is 2. The van der Waals surface area contributed by atoms with Crippen LogP contribution in [0.3, 0.4) is 0 Å². The fourth-order valence-corrected chi connectivity index (χ4v) is 3.59. The second-order valence-electron chi connectivity index (χ2n) is 6.99. The summed E-state index contributed by atoms with van der Waals surface area (Å²) >= 11 is 0. The summed E-state index contributed by atoms with van der Waals surface area (Å²) in [6, 6.07) is 0.361. The molecule has 0 spiro atoms. The molecular weight excluding hydrogens is 316 g/mol. The number of nitrogens with one attached hydrogen (secondary N) is 3. The normalized spacial score (nSPS) is 25.4. The highest BCUT2D eigenvalue weighted by Gasteiger charge is 2.30. The smallest absolute Gasteiger partial charge is 0.317 e. The zero-order chi connectivity index (χ0) is 15.4. The van der Waals surface area contributed by atoms with Crippen LogP contribution in [0.15, 0.2) is 0 Å². The number of amides is 3. The summed E-state index contributed by atoms with van der Waals surface area (Å²) < 4.78 is 0. The predicted molar refractivity (Wildman–Crippen MR) is 91.7 cm³/mol. The highest BCUT2D eigenvalue weighted by atomic mass is 35.5. The minimum Gasteiger partial charge on any atom is -0.355 e. The van der Waals surface area contributed by atoms with Crippen LogP contribution in [0.4, 0.5) is 4.79 Å². The molecule has 3 rings (SSSR count). The second-order valence-corrected chi connectivity index (χ2v) is 6.99. The number of urea groups is 1. The highest BCUT2D eigenvalue weighted by Crippen LogP contribution is 2.20. The molecule has 3 fully saturated rings. The number of nitrogens with zero attached hydrogens (tertiary/aromatic N) is 1. The van der Waals surface area contributed by atoms with E-state index in [9.17, 15) is 9.59 Å². The van der Waals surface area contributed by atoms with Crippen LogP contribution in [0.1, 0.15) is 38.5 Å². The van der Waals surface area contributed by atoms with Crippen LogP contribution in [0.2, 0.25) is 0 Å². The number of likely N-dealkylation sites (tertiary alicyclic amines) is 1.